The lowest BCUT2D eigenvalue weighted by Crippen LogP contribution is -2.12. The van der Waals surface area contributed by atoms with E-state index < -0.39 is 5.63 Å². The van der Waals surface area contributed by atoms with Crippen molar-refractivity contribution in [2.45, 2.75) is 0 Å². The Morgan fingerprint density at radius 1 is 1.08 bits per heavy atom. The Bertz CT molecular complexity index is 1160. The Balaban J connectivity index is 1.63. The van der Waals surface area contributed by atoms with Crippen molar-refractivity contribution in [3.8, 4) is 11.3 Å². The van der Waals surface area contributed by atoms with Gasteiger partial charge in [0.25, 0.3) is 5.91 Å². The fraction of sp³-hybridized carbons (Fsp3) is 0. The molecule has 0 saturated carbocycles. The van der Waals surface area contributed by atoms with Gasteiger partial charge in [-0.25, -0.2) is 9.18 Å². The lowest BCUT2D eigenvalue weighted by Gasteiger charge is -2.07. The molecule has 0 atom stereocenters. The minimum Gasteiger partial charge on any atom is -0.423 e. The third-order valence-corrected chi connectivity index (χ3v) is 3.89. The number of carbonyl (C=O) groups is 1. The van der Waals surface area contributed by atoms with Crippen LogP contribution in [0.5, 0.6) is 0 Å². The fourth-order valence-electron chi connectivity index (χ4n) is 2.64. The summed E-state index contributed by atoms with van der Waals surface area (Å²) in [6.45, 7) is 0. The van der Waals surface area contributed by atoms with Crippen LogP contribution < -0.4 is 10.9 Å². The molecule has 0 saturated heterocycles. The van der Waals surface area contributed by atoms with Crippen molar-refractivity contribution in [1.82, 2.24) is 10.2 Å². The van der Waals surface area contributed by atoms with Crippen LogP contribution in [-0.4, -0.2) is 16.1 Å². The number of fused-ring (bicyclic) bond motifs is 1. The molecule has 0 unspecified atom stereocenters. The average Bonchev–Trinajstić information content (AvgIpc) is 3.12. The molecule has 0 aliphatic carbocycles. The molecule has 7 heteroatoms. The highest BCUT2D eigenvalue weighted by molar-refractivity contribution is 6.08. The molecular formula is C19H12FN3O3. The van der Waals surface area contributed by atoms with Gasteiger partial charge in [-0.2, -0.15) is 5.10 Å². The number of nitrogens with one attached hydrogen (secondary N) is 2. The highest BCUT2D eigenvalue weighted by atomic mass is 19.1. The molecule has 6 nitrogen and oxygen atoms in total. The Labute approximate surface area is 146 Å². The van der Waals surface area contributed by atoms with E-state index in [1.807, 2.05) is 0 Å². The van der Waals surface area contributed by atoms with E-state index in [4.69, 9.17) is 4.42 Å². The zero-order valence-corrected chi connectivity index (χ0v) is 13.3. The highest BCUT2D eigenvalue weighted by Crippen LogP contribution is 2.23. The lowest BCUT2D eigenvalue weighted by molar-refractivity contribution is 0.102. The smallest absolute Gasteiger partial charge is 0.336 e. The maximum Gasteiger partial charge on any atom is 0.336 e. The molecule has 0 fully saturated rings. The third-order valence-electron chi connectivity index (χ3n) is 3.89. The number of amides is 1. The number of carbonyl (C=O) groups excluding carboxylic acids is 1. The predicted octanol–water partition coefficient (Wildman–Crippen LogP) is 3.57. The average molecular weight is 349 g/mol. The van der Waals surface area contributed by atoms with Crippen LogP contribution in [0.15, 0.2) is 70.0 Å². The van der Waals surface area contributed by atoms with Gasteiger partial charge in [0.2, 0.25) is 0 Å². The molecule has 0 spiro atoms. The van der Waals surface area contributed by atoms with Gasteiger partial charge in [-0.05, 0) is 48.5 Å². The van der Waals surface area contributed by atoms with E-state index in [1.165, 1.54) is 24.4 Å². The van der Waals surface area contributed by atoms with E-state index in [2.05, 4.69) is 15.5 Å². The zero-order valence-electron chi connectivity index (χ0n) is 13.3. The van der Waals surface area contributed by atoms with E-state index in [9.17, 15) is 14.0 Å². The molecule has 128 valence electrons. The van der Waals surface area contributed by atoms with E-state index in [1.54, 1.807) is 36.4 Å². The number of hydrogen-bond donors (Lipinski definition) is 2. The van der Waals surface area contributed by atoms with E-state index in [0.29, 0.717) is 33.5 Å². The Morgan fingerprint density at radius 2 is 1.88 bits per heavy atom. The minimum absolute atomic E-state index is 0.330. The molecule has 0 radical (unpaired) electrons. The van der Waals surface area contributed by atoms with Crippen LogP contribution in [0, 0.1) is 5.82 Å². The van der Waals surface area contributed by atoms with Crippen LogP contribution in [0.1, 0.15) is 10.4 Å². The first kappa shape index (κ1) is 15.8. The summed E-state index contributed by atoms with van der Waals surface area (Å²) in [5.74, 6) is -0.725. The predicted molar refractivity (Wildman–Crippen MR) is 94.4 cm³/mol. The largest absolute Gasteiger partial charge is 0.423 e. The molecule has 4 rings (SSSR count). The van der Waals surface area contributed by atoms with E-state index in [-0.39, 0.29) is 11.7 Å². The molecule has 0 bridgehead atoms. The molecule has 2 aromatic carbocycles. The fourth-order valence-corrected chi connectivity index (χ4v) is 2.64. The van der Waals surface area contributed by atoms with Gasteiger partial charge in [-0.3, -0.25) is 9.89 Å². The van der Waals surface area contributed by atoms with Crippen molar-refractivity contribution in [3.05, 3.63) is 82.6 Å². The summed E-state index contributed by atoms with van der Waals surface area (Å²) >= 11 is 0. The van der Waals surface area contributed by atoms with Gasteiger partial charge in [0.05, 0.1) is 17.5 Å². The first-order chi connectivity index (χ1) is 12.6. The van der Waals surface area contributed by atoms with Crippen LogP contribution in [0.4, 0.5) is 10.1 Å². The number of benzene rings is 2. The summed E-state index contributed by atoms with van der Waals surface area (Å²) < 4.78 is 18.2. The second-order valence-electron chi connectivity index (χ2n) is 5.63. The second kappa shape index (κ2) is 6.29. The van der Waals surface area contributed by atoms with Crippen LogP contribution in [0.2, 0.25) is 0 Å². The topological polar surface area (TPSA) is 88.0 Å². The molecule has 2 heterocycles. The Morgan fingerprint density at radius 3 is 2.69 bits per heavy atom. The summed E-state index contributed by atoms with van der Waals surface area (Å²) in [4.78, 5) is 23.8. The number of rotatable bonds is 3. The highest BCUT2D eigenvalue weighted by Gasteiger charge is 2.16. The number of halogens is 1. The van der Waals surface area contributed by atoms with Crippen molar-refractivity contribution in [2.24, 2.45) is 0 Å². The lowest BCUT2D eigenvalue weighted by atomic mass is 10.1. The molecule has 0 aliphatic heterocycles. The van der Waals surface area contributed by atoms with Gasteiger partial charge in [0.15, 0.2) is 0 Å². The number of hydrogen-bond acceptors (Lipinski definition) is 4. The summed E-state index contributed by atoms with van der Waals surface area (Å²) in [5, 5.41) is 10.1. The number of nitrogens with zero attached hydrogens (tertiary/aromatic N) is 1. The van der Waals surface area contributed by atoms with Gasteiger partial charge >= 0.3 is 5.63 Å². The van der Waals surface area contributed by atoms with Crippen molar-refractivity contribution < 1.29 is 13.6 Å². The van der Waals surface area contributed by atoms with Crippen molar-refractivity contribution in [2.75, 3.05) is 5.32 Å². The maximum absolute atomic E-state index is 13.1. The van der Waals surface area contributed by atoms with Gasteiger partial charge in [0, 0.05) is 22.7 Å². The number of aromatic nitrogens is 2. The summed E-state index contributed by atoms with van der Waals surface area (Å²) in [6, 6.07) is 13.7. The maximum atomic E-state index is 13.1. The quantitative estimate of drug-likeness (QED) is 0.554. The van der Waals surface area contributed by atoms with Crippen molar-refractivity contribution in [3.63, 3.8) is 0 Å². The normalized spacial score (nSPS) is 10.8. The van der Waals surface area contributed by atoms with Crippen LogP contribution in [-0.2, 0) is 0 Å². The first-order valence-electron chi connectivity index (χ1n) is 7.75. The standard InChI is InChI=1S/C19H12FN3O3/c20-13-4-1-11(2-5-13)18-15(10-21-23-18)19(25)22-14-6-7-16-12(9-14)3-8-17(24)26-16/h1-10H,(H,21,23)(H,22,25). The molecule has 26 heavy (non-hydrogen) atoms. The molecule has 2 aromatic heterocycles. The van der Waals surface area contributed by atoms with Gasteiger partial charge < -0.3 is 9.73 Å². The molecule has 0 aliphatic rings. The van der Waals surface area contributed by atoms with Gasteiger partial charge in [-0.15, -0.1) is 0 Å². The Kier molecular flexibility index (Phi) is 3.81. The summed E-state index contributed by atoms with van der Waals surface area (Å²) in [6.07, 6.45) is 1.41. The van der Waals surface area contributed by atoms with E-state index >= 15 is 0 Å². The monoisotopic (exact) mass is 349 g/mol. The summed E-state index contributed by atoms with van der Waals surface area (Å²) in [5.41, 5.74) is 2.02. The second-order valence-corrected chi connectivity index (χ2v) is 5.63. The summed E-state index contributed by atoms with van der Waals surface area (Å²) in [7, 11) is 0. The molecular weight excluding hydrogens is 337 g/mol. The van der Waals surface area contributed by atoms with Gasteiger partial charge in [0.1, 0.15) is 11.4 Å². The molecule has 1 amide bonds. The zero-order chi connectivity index (χ0) is 18.1. The third kappa shape index (κ3) is 2.98. The number of H-pyrrole nitrogens is 1. The van der Waals surface area contributed by atoms with Gasteiger partial charge in [-0.1, -0.05) is 0 Å². The first-order valence-corrected chi connectivity index (χ1v) is 7.75. The van der Waals surface area contributed by atoms with Crippen molar-refractivity contribution in [1.29, 1.82) is 0 Å². The number of aromatic amines is 1. The van der Waals surface area contributed by atoms with Crippen LogP contribution in [0.25, 0.3) is 22.2 Å². The molecule has 2 N–H and O–H groups in total. The molecule has 4 aromatic rings. The Hall–Kier alpha value is -3.74. The van der Waals surface area contributed by atoms with Crippen molar-refractivity contribution >= 4 is 22.6 Å². The van der Waals surface area contributed by atoms with Crippen LogP contribution in [0.3, 0.4) is 0 Å². The van der Waals surface area contributed by atoms with Crippen LogP contribution >= 0.6 is 0 Å². The number of anilines is 1. The minimum atomic E-state index is -0.434. The van der Waals surface area contributed by atoms with E-state index in [0.717, 1.165) is 0 Å². The SMILES string of the molecule is O=C(Nc1ccc2oc(=O)ccc2c1)c1cn[nH]c1-c1ccc(F)cc1.